The van der Waals surface area contributed by atoms with E-state index in [0.29, 0.717) is 0 Å². The Labute approximate surface area is 91.2 Å². The molecule has 0 aliphatic carbocycles. The Morgan fingerprint density at radius 3 is 2.14 bits per heavy atom. The Bertz CT molecular complexity index is 271. The van der Waals surface area contributed by atoms with Crippen molar-refractivity contribution in [3.8, 4) is 0 Å². The lowest BCUT2D eigenvalue weighted by Gasteiger charge is -2.14. The van der Waals surface area contributed by atoms with Crippen LogP contribution in [0.2, 0.25) is 0 Å². The highest BCUT2D eigenvalue weighted by Gasteiger charge is 2.06. The number of hydrogen-bond donors (Lipinski definition) is 0. The van der Waals surface area contributed by atoms with Gasteiger partial charge < -0.3 is 0 Å². The van der Waals surface area contributed by atoms with Crippen LogP contribution < -0.4 is 5.19 Å². The minimum Gasteiger partial charge on any atom is -0.0651 e. The van der Waals surface area contributed by atoms with Gasteiger partial charge in [-0.1, -0.05) is 44.0 Å². The molecule has 0 bridgehead atoms. The molecule has 0 spiro atoms. The van der Waals surface area contributed by atoms with Crippen LogP contribution in [0.3, 0.4) is 0 Å². The van der Waals surface area contributed by atoms with E-state index in [1.807, 2.05) is 0 Å². The van der Waals surface area contributed by atoms with E-state index in [1.54, 1.807) is 5.56 Å². The molecule has 3 radical (unpaired) electrons. The maximum absolute atomic E-state index is 3.70. The maximum atomic E-state index is 3.70. The van der Waals surface area contributed by atoms with Gasteiger partial charge in [0.15, 0.2) is 0 Å². The fourth-order valence-electron chi connectivity index (χ4n) is 1.94. The molecule has 0 fully saturated rings. The third-order valence-electron chi connectivity index (χ3n) is 2.67. The topological polar surface area (TPSA) is 0 Å². The van der Waals surface area contributed by atoms with Crippen LogP contribution in [0.5, 0.6) is 0 Å². The van der Waals surface area contributed by atoms with Crippen molar-refractivity contribution >= 4 is 15.4 Å². The largest absolute Gasteiger partial charge is 0.0715 e. The molecule has 0 aliphatic rings. The summed E-state index contributed by atoms with van der Waals surface area (Å²) in [5.41, 5.74) is 4.52. The molecular formula is C13H19Si. The smallest absolute Gasteiger partial charge is 0.0651 e. The molecule has 0 nitrogen and oxygen atoms in total. The van der Waals surface area contributed by atoms with Crippen molar-refractivity contribution in [3.63, 3.8) is 0 Å². The Morgan fingerprint density at radius 1 is 1.00 bits per heavy atom. The zero-order valence-corrected chi connectivity index (χ0v) is 10.5. The standard InChI is InChI=1S/C13H19Si/c1-4-6-11-10(3)8-9-13(14)12(11)7-5-2/h8-9H,4-7H2,1-3H3. The number of benzene rings is 1. The van der Waals surface area contributed by atoms with E-state index in [1.165, 1.54) is 42.0 Å². The zero-order chi connectivity index (χ0) is 10.6. The molecule has 14 heavy (non-hydrogen) atoms. The van der Waals surface area contributed by atoms with Gasteiger partial charge >= 0.3 is 0 Å². The number of rotatable bonds is 4. The summed E-state index contributed by atoms with van der Waals surface area (Å²) < 4.78 is 0. The third kappa shape index (κ3) is 2.47. The minimum atomic E-state index is 1.19. The molecule has 0 aromatic heterocycles. The average molecular weight is 203 g/mol. The quantitative estimate of drug-likeness (QED) is 0.660. The van der Waals surface area contributed by atoms with E-state index < -0.39 is 0 Å². The predicted octanol–water partition coefficient (Wildman–Crippen LogP) is 2.69. The van der Waals surface area contributed by atoms with E-state index >= 15 is 0 Å². The highest BCUT2D eigenvalue weighted by atomic mass is 28.1. The first-order valence-electron chi connectivity index (χ1n) is 5.53. The van der Waals surface area contributed by atoms with E-state index in [0.717, 1.165) is 0 Å². The van der Waals surface area contributed by atoms with Crippen LogP contribution in [0.4, 0.5) is 0 Å². The lowest BCUT2D eigenvalue weighted by Crippen LogP contribution is -2.14. The first-order chi connectivity index (χ1) is 6.70. The Balaban J connectivity index is 3.12. The first kappa shape index (κ1) is 11.5. The zero-order valence-electron chi connectivity index (χ0n) is 9.48. The van der Waals surface area contributed by atoms with Gasteiger partial charge in [0.05, 0.1) is 10.2 Å². The molecule has 0 aliphatic heterocycles. The summed E-state index contributed by atoms with van der Waals surface area (Å²) >= 11 is 0. The van der Waals surface area contributed by atoms with Crippen LogP contribution in [0.25, 0.3) is 0 Å². The van der Waals surface area contributed by atoms with E-state index in [2.05, 4.69) is 43.1 Å². The van der Waals surface area contributed by atoms with Crippen molar-refractivity contribution < 1.29 is 0 Å². The molecule has 0 heterocycles. The van der Waals surface area contributed by atoms with Gasteiger partial charge in [0.1, 0.15) is 0 Å². The van der Waals surface area contributed by atoms with Crippen molar-refractivity contribution in [3.05, 3.63) is 28.8 Å². The van der Waals surface area contributed by atoms with E-state index in [4.69, 9.17) is 0 Å². The summed E-state index contributed by atoms with van der Waals surface area (Å²) in [6.07, 6.45) is 4.85. The summed E-state index contributed by atoms with van der Waals surface area (Å²) in [5.74, 6) is 0. The summed E-state index contributed by atoms with van der Waals surface area (Å²) in [7, 11) is 3.70. The number of aryl methyl sites for hydroxylation is 1. The fraction of sp³-hybridized carbons (Fsp3) is 0.538. The minimum absolute atomic E-state index is 1.19. The van der Waals surface area contributed by atoms with Gasteiger partial charge in [-0.25, -0.2) is 0 Å². The summed E-state index contributed by atoms with van der Waals surface area (Å²) in [5, 5.41) is 1.28. The highest BCUT2D eigenvalue weighted by molar-refractivity contribution is 6.33. The fourth-order valence-corrected chi connectivity index (χ4v) is 2.30. The molecule has 0 amide bonds. The van der Waals surface area contributed by atoms with Gasteiger partial charge in [-0.15, -0.1) is 0 Å². The Kier molecular flexibility index (Phi) is 4.40. The van der Waals surface area contributed by atoms with Crippen LogP contribution in [-0.4, -0.2) is 10.2 Å². The summed E-state index contributed by atoms with van der Waals surface area (Å²) in [6, 6.07) is 4.39. The van der Waals surface area contributed by atoms with Crippen molar-refractivity contribution in [1.82, 2.24) is 0 Å². The highest BCUT2D eigenvalue weighted by Crippen LogP contribution is 2.15. The average Bonchev–Trinajstić information content (AvgIpc) is 2.17. The summed E-state index contributed by atoms with van der Waals surface area (Å²) in [6.45, 7) is 6.70. The predicted molar refractivity (Wildman–Crippen MR) is 64.6 cm³/mol. The van der Waals surface area contributed by atoms with Crippen molar-refractivity contribution in [2.45, 2.75) is 46.5 Å². The van der Waals surface area contributed by atoms with Crippen LogP contribution in [-0.2, 0) is 12.8 Å². The lowest BCUT2D eigenvalue weighted by atomic mass is 9.95. The molecule has 1 aromatic carbocycles. The molecule has 0 unspecified atom stereocenters. The normalized spacial score (nSPS) is 10.6. The van der Waals surface area contributed by atoms with Gasteiger partial charge in [0.2, 0.25) is 0 Å². The van der Waals surface area contributed by atoms with E-state index in [9.17, 15) is 0 Å². The molecule has 0 saturated heterocycles. The van der Waals surface area contributed by atoms with Gasteiger partial charge in [-0.05, 0) is 36.5 Å². The van der Waals surface area contributed by atoms with Gasteiger partial charge in [-0.3, -0.25) is 0 Å². The molecule has 0 atom stereocenters. The molecule has 1 aromatic rings. The van der Waals surface area contributed by atoms with Gasteiger partial charge in [0, 0.05) is 0 Å². The van der Waals surface area contributed by atoms with Crippen molar-refractivity contribution in [1.29, 1.82) is 0 Å². The number of hydrogen-bond acceptors (Lipinski definition) is 0. The second-order valence-electron chi connectivity index (χ2n) is 3.89. The third-order valence-corrected chi connectivity index (χ3v) is 3.13. The molecule has 1 heteroatoms. The first-order valence-corrected chi connectivity index (χ1v) is 6.03. The molecular weight excluding hydrogens is 184 g/mol. The summed E-state index contributed by atoms with van der Waals surface area (Å²) in [4.78, 5) is 0. The van der Waals surface area contributed by atoms with E-state index in [-0.39, 0.29) is 0 Å². The second-order valence-corrected chi connectivity index (χ2v) is 4.43. The van der Waals surface area contributed by atoms with Crippen LogP contribution >= 0.6 is 0 Å². The van der Waals surface area contributed by atoms with Gasteiger partial charge in [0.25, 0.3) is 0 Å². The Morgan fingerprint density at radius 2 is 1.57 bits per heavy atom. The molecule has 0 saturated carbocycles. The molecule has 0 N–H and O–H groups in total. The second kappa shape index (κ2) is 5.35. The van der Waals surface area contributed by atoms with Crippen molar-refractivity contribution in [2.75, 3.05) is 0 Å². The Hall–Kier alpha value is -0.563. The monoisotopic (exact) mass is 203 g/mol. The molecule has 75 valence electrons. The lowest BCUT2D eigenvalue weighted by molar-refractivity contribution is 0.859. The van der Waals surface area contributed by atoms with Crippen LogP contribution in [0.15, 0.2) is 12.1 Å². The molecule has 1 rings (SSSR count). The SMILES string of the molecule is CCCc1c(C)ccc([Si])c1CCC. The van der Waals surface area contributed by atoms with Crippen LogP contribution in [0.1, 0.15) is 43.4 Å². The van der Waals surface area contributed by atoms with Gasteiger partial charge in [-0.2, -0.15) is 0 Å². The van der Waals surface area contributed by atoms with Crippen molar-refractivity contribution in [2.24, 2.45) is 0 Å². The maximum Gasteiger partial charge on any atom is 0.0715 e. The van der Waals surface area contributed by atoms with Crippen LogP contribution in [0, 0.1) is 6.92 Å².